The number of rotatable bonds is 8. The van der Waals surface area contributed by atoms with E-state index in [1.54, 1.807) is 17.4 Å². The van der Waals surface area contributed by atoms with Gasteiger partial charge in [-0.25, -0.2) is 0 Å². The van der Waals surface area contributed by atoms with Crippen LogP contribution in [0.1, 0.15) is 41.2 Å². The number of carbonyl (C=O) groups excluding carboxylic acids is 1. The number of likely N-dealkylation sites (N-methyl/N-ethyl adjacent to an activating group) is 1. The smallest absolute Gasteiger partial charge is 0.262 e. The molecule has 27 heavy (non-hydrogen) atoms. The van der Waals surface area contributed by atoms with Crippen molar-refractivity contribution in [3.8, 4) is 6.07 Å². The van der Waals surface area contributed by atoms with E-state index in [9.17, 15) is 10.1 Å². The predicted octanol–water partition coefficient (Wildman–Crippen LogP) is 3.90. The Kier molecular flexibility index (Phi) is 7.40. The van der Waals surface area contributed by atoms with Gasteiger partial charge in [-0.05, 0) is 63.5 Å². The monoisotopic (exact) mass is 384 g/mol. The molecule has 2 aromatic rings. The Morgan fingerprint density at radius 3 is 2.74 bits per heavy atom. The van der Waals surface area contributed by atoms with Crippen LogP contribution < -0.4 is 5.32 Å². The zero-order valence-electron chi connectivity index (χ0n) is 16.7. The van der Waals surface area contributed by atoms with Gasteiger partial charge < -0.3 is 14.8 Å². The van der Waals surface area contributed by atoms with E-state index in [4.69, 9.17) is 0 Å². The molecule has 0 saturated carbocycles. The summed E-state index contributed by atoms with van der Waals surface area (Å²) in [4.78, 5) is 15.8. The van der Waals surface area contributed by atoms with Crippen molar-refractivity contribution < 1.29 is 4.79 Å². The predicted molar refractivity (Wildman–Crippen MR) is 112 cm³/mol. The van der Waals surface area contributed by atoms with Gasteiger partial charge in [-0.1, -0.05) is 13.0 Å². The molecule has 2 rings (SSSR count). The number of aryl methyl sites for hydroxylation is 1. The van der Waals surface area contributed by atoms with Crippen molar-refractivity contribution in [2.75, 3.05) is 20.6 Å². The summed E-state index contributed by atoms with van der Waals surface area (Å²) in [7, 11) is 3.97. The minimum Gasteiger partial charge on any atom is -0.349 e. The fourth-order valence-corrected chi connectivity index (χ4v) is 4.07. The Morgan fingerprint density at radius 2 is 2.19 bits per heavy atom. The van der Waals surface area contributed by atoms with Crippen LogP contribution in [0.25, 0.3) is 6.08 Å². The number of hydrogen-bond donors (Lipinski definition) is 1. The van der Waals surface area contributed by atoms with Gasteiger partial charge in [0.25, 0.3) is 5.91 Å². The van der Waals surface area contributed by atoms with Crippen molar-refractivity contribution in [1.29, 1.82) is 5.26 Å². The third kappa shape index (κ3) is 5.09. The molecule has 144 valence electrons. The number of thiophene rings is 1. The summed E-state index contributed by atoms with van der Waals surface area (Å²) in [6.07, 6.45) is 2.74. The van der Waals surface area contributed by atoms with Crippen LogP contribution in [-0.4, -0.2) is 36.0 Å². The first-order valence-electron chi connectivity index (χ1n) is 9.15. The minimum atomic E-state index is -0.332. The molecule has 5 nitrogen and oxygen atoms in total. The molecule has 2 heterocycles. The molecule has 2 aromatic heterocycles. The van der Waals surface area contributed by atoms with Crippen LogP contribution in [0.4, 0.5) is 0 Å². The van der Waals surface area contributed by atoms with Gasteiger partial charge in [0.2, 0.25) is 0 Å². The largest absolute Gasteiger partial charge is 0.349 e. The van der Waals surface area contributed by atoms with Crippen molar-refractivity contribution in [1.82, 2.24) is 14.8 Å². The number of amides is 1. The quantitative estimate of drug-likeness (QED) is 0.555. The van der Waals surface area contributed by atoms with E-state index >= 15 is 0 Å². The van der Waals surface area contributed by atoms with Crippen LogP contribution in [0.5, 0.6) is 0 Å². The number of carbonyl (C=O) groups is 1. The summed E-state index contributed by atoms with van der Waals surface area (Å²) in [6, 6.07) is 8.24. The van der Waals surface area contributed by atoms with Crippen molar-refractivity contribution in [3.63, 3.8) is 0 Å². The fourth-order valence-electron chi connectivity index (χ4n) is 3.15. The summed E-state index contributed by atoms with van der Waals surface area (Å²) < 4.78 is 2.22. The second kappa shape index (κ2) is 9.54. The van der Waals surface area contributed by atoms with Crippen molar-refractivity contribution in [2.45, 2.75) is 39.8 Å². The van der Waals surface area contributed by atoms with E-state index in [1.807, 2.05) is 38.5 Å². The maximum atomic E-state index is 12.6. The third-order valence-electron chi connectivity index (χ3n) is 4.68. The molecular formula is C21H28N4OS. The highest BCUT2D eigenvalue weighted by atomic mass is 32.1. The van der Waals surface area contributed by atoms with Gasteiger partial charge in [-0.3, -0.25) is 4.79 Å². The summed E-state index contributed by atoms with van der Waals surface area (Å²) in [5, 5.41) is 14.4. The standard InChI is InChI=1S/C21H28N4OS/c1-6-9-25-15(2)11-17(16(25)3)12-18(13-22)21(26)23-14-19(24(4)5)20-8-7-10-27-20/h7-8,10-12,19H,6,9,14H2,1-5H3,(H,23,26)/b18-12-. The van der Waals surface area contributed by atoms with Crippen molar-refractivity contribution >= 4 is 23.3 Å². The van der Waals surface area contributed by atoms with Crippen LogP contribution in [-0.2, 0) is 11.3 Å². The first kappa shape index (κ1) is 20.9. The Morgan fingerprint density at radius 1 is 1.44 bits per heavy atom. The highest BCUT2D eigenvalue weighted by molar-refractivity contribution is 7.10. The third-order valence-corrected chi connectivity index (χ3v) is 5.65. The molecule has 0 aliphatic rings. The second-order valence-electron chi connectivity index (χ2n) is 6.85. The lowest BCUT2D eigenvalue weighted by Gasteiger charge is -2.23. The molecule has 1 unspecified atom stereocenters. The number of nitriles is 1. The average molecular weight is 385 g/mol. The lowest BCUT2D eigenvalue weighted by Crippen LogP contribution is -2.34. The molecule has 0 spiro atoms. The molecule has 1 amide bonds. The molecule has 1 atom stereocenters. The molecule has 0 aliphatic carbocycles. The molecule has 0 radical (unpaired) electrons. The van der Waals surface area contributed by atoms with Crippen LogP contribution >= 0.6 is 11.3 Å². The first-order valence-corrected chi connectivity index (χ1v) is 10.0. The number of hydrogen-bond acceptors (Lipinski definition) is 4. The van der Waals surface area contributed by atoms with Gasteiger partial charge in [0.1, 0.15) is 11.6 Å². The van der Waals surface area contributed by atoms with Crippen molar-refractivity contribution in [3.05, 3.63) is 51.0 Å². The summed E-state index contributed by atoms with van der Waals surface area (Å²) in [5.41, 5.74) is 3.29. The maximum Gasteiger partial charge on any atom is 0.262 e. The average Bonchev–Trinajstić information content (AvgIpc) is 3.24. The van der Waals surface area contributed by atoms with Gasteiger partial charge in [0.05, 0.1) is 6.04 Å². The molecule has 0 fully saturated rings. The molecular weight excluding hydrogens is 356 g/mol. The molecule has 0 saturated heterocycles. The minimum absolute atomic E-state index is 0.0866. The lowest BCUT2D eigenvalue weighted by molar-refractivity contribution is -0.117. The van der Waals surface area contributed by atoms with E-state index < -0.39 is 0 Å². The molecule has 6 heteroatoms. The summed E-state index contributed by atoms with van der Waals surface area (Å²) in [5.74, 6) is -0.332. The highest BCUT2D eigenvalue weighted by Crippen LogP contribution is 2.23. The molecule has 0 aromatic carbocycles. The maximum absolute atomic E-state index is 12.6. The van der Waals surface area contributed by atoms with E-state index in [-0.39, 0.29) is 17.5 Å². The summed E-state index contributed by atoms with van der Waals surface area (Å²) in [6.45, 7) is 7.61. The Labute approximate surface area is 165 Å². The zero-order valence-corrected chi connectivity index (χ0v) is 17.6. The van der Waals surface area contributed by atoms with Crippen LogP contribution in [0.3, 0.4) is 0 Å². The van der Waals surface area contributed by atoms with E-state index in [2.05, 4.69) is 40.8 Å². The Hall–Kier alpha value is -2.36. The number of nitrogens with zero attached hydrogens (tertiary/aromatic N) is 3. The summed E-state index contributed by atoms with van der Waals surface area (Å²) >= 11 is 1.66. The van der Waals surface area contributed by atoms with Gasteiger partial charge in [0.15, 0.2) is 0 Å². The molecule has 0 bridgehead atoms. The highest BCUT2D eigenvalue weighted by Gasteiger charge is 2.18. The van der Waals surface area contributed by atoms with Crippen LogP contribution in [0.15, 0.2) is 29.2 Å². The zero-order chi connectivity index (χ0) is 20.0. The lowest BCUT2D eigenvalue weighted by atomic mass is 10.1. The first-order chi connectivity index (χ1) is 12.9. The van der Waals surface area contributed by atoms with Crippen molar-refractivity contribution in [2.24, 2.45) is 0 Å². The Balaban J connectivity index is 2.15. The van der Waals surface area contributed by atoms with E-state index in [0.29, 0.717) is 6.54 Å². The van der Waals surface area contributed by atoms with Crippen LogP contribution in [0, 0.1) is 25.2 Å². The van der Waals surface area contributed by atoms with E-state index in [1.165, 1.54) is 4.88 Å². The fraction of sp³-hybridized carbons (Fsp3) is 0.429. The molecule has 0 aliphatic heterocycles. The Bertz CT molecular complexity index is 840. The molecule has 1 N–H and O–H groups in total. The second-order valence-corrected chi connectivity index (χ2v) is 7.83. The SMILES string of the molecule is CCCn1c(C)cc(/C=C(/C#N)C(=O)NCC(c2cccs2)N(C)C)c1C. The van der Waals surface area contributed by atoms with Crippen LogP contribution in [0.2, 0.25) is 0 Å². The van der Waals surface area contributed by atoms with E-state index in [0.717, 1.165) is 29.9 Å². The van der Waals surface area contributed by atoms with Gasteiger partial charge in [0, 0.05) is 29.4 Å². The normalized spacial score (nSPS) is 12.9. The topological polar surface area (TPSA) is 61.1 Å². The van der Waals surface area contributed by atoms with Gasteiger partial charge >= 0.3 is 0 Å². The number of aromatic nitrogens is 1. The van der Waals surface area contributed by atoms with Gasteiger partial charge in [-0.15, -0.1) is 11.3 Å². The number of nitrogens with one attached hydrogen (secondary N) is 1. The van der Waals surface area contributed by atoms with Gasteiger partial charge in [-0.2, -0.15) is 5.26 Å².